The maximum atomic E-state index is 12.3. The van der Waals surface area contributed by atoms with Gasteiger partial charge in [0.2, 0.25) is 0 Å². The van der Waals surface area contributed by atoms with Gasteiger partial charge in [-0.05, 0) is 74.0 Å². The van der Waals surface area contributed by atoms with Crippen molar-refractivity contribution in [3.05, 3.63) is 64.1 Å². The van der Waals surface area contributed by atoms with Crippen LogP contribution in [0.1, 0.15) is 49.3 Å². The molecule has 9 heteroatoms. The van der Waals surface area contributed by atoms with Gasteiger partial charge in [0.25, 0.3) is 0 Å². The number of carboxylic acids is 1. The van der Waals surface area contributed by atoms with Gasteiger partial charge in [-0.2, -0.15) is 0 Å². The lowest BCUT2D eigenvalue weighted by Crippen LogP contribution is -2.49. The van der Waals surface area contributed by atoms with Crippen LogP contribution in [0.4, 0.5) is 10.5 Å². The van der Waals surface area contributed by atoms with Gasteiger partial charge in [0.05, 0.1) is 7.11 Å². The van der Waals surface area contributed by atoms with Crippen LogP contribution in [0.25, 0.3) is 0 Å². The van der Waals surface area contributed by atoms with Crippen molar-refractivity contribution in [2.75, 3.05) is 25.1 Å². The summed E-state index contributed by atoms with van der Waals surface area (Å²) in [6, 6.07) is 13.3. The van der Waals surface area contributed by atoms with Crippen LogP contribution in [0, 0.1) is 0 Å². The number of benzene rings is 2. The van der Waals surface area contributed by atoms with Crippen molar-refractivity contribution in [2.24, 2.45) is 5.73 Å². The molecular formula is C26H32BrN3O5. The smallest absolute Gasteiger partial charge is 0.326 e. The van der Waals surface area contributed by atoms with E-state index in [1.807, 2.05) is 12.1 Å². The number of aryl methyl sites for hydroxylation is 1. The van der Waals surface area contributed by atoms with Gasteiger partial charge in [0.15, 0.2) is 0 Å². The average molecular weight is 546 g/mol. The van der Waals surface area contributed by atoms with Crippen molar-refractivity contribution >= 4 is 39.6 Å². The summed E-state index contributed by atoms with van der Waals surface area (Å²) in [5, 5.41) is 10.0. The molecule has 0 bridgehead atoms. The summed E-state index contributed by atoms with van der Waals surface area (Å²) in [5.41, 5.74) is 8.59. The molecule has 8 nitrogen and oxygen atoms in total. The van der Waals surface area contributed by atoms with E-state index in [1.165, 1.54) is 18.2 Å². The minimum absolute atomic E-state index is 0.113. The van der Waals surface area contributed by atoms with Crippen LogP contribution in [-0.4, -0.2) is 54.2 Å². The van der Waals surface area contributed by atoms with E-state index in [4.69, 9.17) is 10.5 Å². The predicted molar refractivity (Wildman–Crippen MR) is 137 cm³/mol. The Morgan fingerprint density at radius 1 is 1.14 bits per heavy atom. The molecule has 3 rings (SSSR count). The van der Waals surface area contributed by atoms with E-state index < -0.39 is 18.0 Å². The second kappa shape index (κ2) is 12.7. The number of aliphatic carboxylic acids is 1. The molecular weight excluding hydrogens is 514 g/mol. The normalized spacial score (nSPS) is 15.8. The highest BCUT2D eigenvalue weighted by Gasteiger charge is 2.32. The fourth-order valence-corrected chi connectivity index (χ4v) is 5.04. The number of halogens is 1. The molecule has 0 heterocycles. The molecule has 2 aromatic rings. The third kappa shape index (κ3) is 7.05. The summed E-state index contributed by atoms with van der Waals surface area (Å²) < 4.78 is 5.59. The number of primary amides is 1. The van der Waals surface area contributed by atoms with Crippen LogP contribution in [0.15, 0.2) is 53.0 Å². The number of rotatable bonds is 11. The van der Waals surface area contributed by atoms with Gasteiger partial charge in [-0.25, -0.2) is 9.59 Å². The molecule has 3 N–H and O–H groups in total. The van der Waals surface area contributed by atoms with Crippen molar-refractivity contribution in [3.63, 3.8) is 0 Å². The second-order valence-corrected chi connectivity index (χ2v) is 9.57. The third-order valence-corrected chi connectivity index (χ3v) is 6.99. The molecule has 2 aromatic carbocycles. The summed E-state index contributed by atoms with van der Waals surface area (Å²) in [4.78, 5) is 39.7. The molecule has 0 saturated carbocycles. The molecule has 0 aromatic heterocycles. The largest absolute Gasteiger partial charge is 0.480 e. The zero-order valence-corrected chi connectivity index (χ0v) is 21.4. The lowest BCUT2D eigenvalue weighted by molar-refractivity contribution is -0.141. The van der Waals surface area contributed by atoms with E-state index in [2.05, 4.69) is 33.0 Å². The second-order valence-electron chi connectivity index (χ2n) is 8.65. The van der Waals surface area contributed by atoms with Crippen LogP contribution in [0.3, 0.4) is 0 Å². The number of carboxylic acid groups (broad SMARTS) is 1. The number of hydrogen-bond donors (Lipinski definition) is 2. The van der Waals surface area contributed by atoms with Crippen LogP contribution < -0.4 is 10.6 Å². The number of ether oxygens (including phenoxy) is 1. The molecule has 0 spiro atoms. The van der Waals surface area contributed by atoms with Crippen molar-refractivity contribution in [2.45, 2.75) is 50.6 Å². The zero-order chi connectivity index (χ0) is 25.4. The lowest BCUT2D eigenvalue weighted by Gasteiger charge is -2.37. The monoisotopic (exact) mass is 545 g/mol. The minimum atomic E-state index is -1.13. The van der Waals surface area contributed by atoms with Gasteiger partial charge in [-0.1, -0.05) is 40.2 Å². The van der Waals surface area contributed by atoms with E-state index in [9.17, 15) is 19.5 Å². The number of amides is 2. The summed E-state index contributed by atoms with van der Waals surface area (Å²) in [6.07, 6.45) is 4.05. The first-order valence-corrected chi connectivity index (χ1v) is 12.6. The molecule has 188 valence electrons. The fourth-order valence-electron chi connectivity index (χ4n) is 4.77. The zero-order valence-electron chi connectivity index (χ0n) is 19.9. The number of anilines is 1. The first kappa shape index (κ1) is 26.7. The van der Waals surface area contributed by atoms with E-state index in [-0.39, 0.29) is 24.9 Å². The number of esters is 1. The topological polar surface area (TPSA) is 113 Å². The first-order valence-electron chi connectivity index (χ1n) is 11.8. The maximum Gasteiger partial charge on any atom is 0.326 e. The Morgan fingerprint density at radius 2 is 1.86 bits per heavy atom. The Bertz CT molecular complexity index is 1030. The molecule has 0 aliphatic heterocycles. The van der Waals surface area contributed by atoms with Crippen molar-refractivity contribution in [1.82, 2.24) is 4.90 Å². The fraction of sp³-hybridized carbons (Fsp3) is 0.423. The van der Waals surface area contributed by atoms with Crippen LogP contribution in [0.2, 0.25) is 0 Å². The Morgan fingerprint density at radius 3 is 2.51 bits per heavy atom. The van der Waals surface area contributed by atoms with E-state index >= 15 is 0 Å². The van der Waals surface area contributed by atoms with Gasteiger partial charge in [0.1, 0.15) is 6.04 Å². The van der Waals surface area contributed by atoms with Gasteiger partial charge in [0, 0.05) is 29.2 Å². The maximum absolute atomic E-state index is 12.3. The van der Waals surface area contributed by atoms with Crippen molar-refractivity contribution < 1.29 is 24.2 Å². The molecule has 2 atom stereocenters. The quantitative estimate of drug-likeness (QED) is 0.401. The number of hydrogen-bond acceptors (Lipinski definition) is 5. The highest BCUT2D eigenvalue weighted by atomic mass is 79.9. The Kier molecular flexibility index (Phi) is 9.68. The molecule has 1 aliphatic rings. The van der Waals surface area contributed by atoms with E-state index in [0.717, 1.165) is 28.6 Å². The number of fused-ring (bicyclic) bond motifs is 1. The minimum Gasteiger partial charge on any atom is -0.480 e. The summed E-state index contributed by atoms with van der Waals surface area (Å²) in [7, 11) is 1.37. The molecule has 1 unspecified atom stereocenters. The SMILES string of the molecule is COC(=O)CCCN(CC[C@@H](C(=O)O)N(C(N)=O)c1ccc(Br)cc1)C1CCCc2ccccc21. The van der Waals surface area contributed by atoms with Crippen molar-refractivity contribution in [1.29, 1.82) is 0 Å². The molecule has 0 saturated heterocycles. The molecule has 35 heavy (non-hydrogen) atoms. The van der Waals surface area contributed by atoms with Gasteiger partial charge in [-0.15, -0.1) is 0 Å². The van der Waals surface area contributed by atoms with Gasteiger partial charge < -0.3 is 15.6 Å². The van der Waals surface area contributed by atoms with E-state index in [1.54, 1.807) is 24.3 Å². The number of carbonyl (C=O) groups is 3. The lowest BCUT2D eigenvalue weighted by atomic mass is 9.86. The Labute approximate surface area is 214 Å². The highest BCUT2D eigenvalue weighted by Crippen LogP contribution is 2.35. The molecule has 0 fully saturated rings. The summed E-state index contributed by atoms with van der Waals surface area (Å²) in [5.74, 6) is -1.39. The average Bonchev–Trinajstić information content (AvgIpc) is 2.85. The predicted octanol–water partition coefficient (Wildman–Crippen LogP) is 4.51. The number of nitrogens with two attached hydrogens (primary N) is 1. The summed E-state index contributed by atoms with van der Waals surface area (Å²) in [6.45, 7) is 1.03. The van der Waals surface area contributed by atoms with Crippen LogP contribution >= 0.6 is 15.9 Å². The van der Waals surface area contributed by atoms with Crippen LogP contribution in [0.5, 0.6) is 0 Å². The molecule has 2 amide bonds. The molecule has 0 radical (unpaired) electrons. The third-order valence-electron chi connectivity index (χ3n) is 6.46. The Balaban J connectivity index is 1.83. The highest BCUT2D eigenvalue weighted by molar-refractivity contribution is 9.10. The number of nitrogens with zero attached hydrogens (tertiary/aromatic N) is 2. The summed E-state index contributed by atoms with van der Waals surface area (Å²) >= 11 is 3.35. The molecule has 1 aliphatic carbocycles. The van der Waals surface area contributed by atoms with Gasteiger partial charge >= 0.3 is 18.0 Å². The Hall–Kier alpha value is -2.91. The first-order chi connectivity index (χ1) is 16.8. The number of methoxy groups -OCH3 is 1. The standard InChI is InChI=1S/C26H32BrN3O5/c1-35-24(31)10-5-16-29(22-9-4-7-18-6-2-3-8-21(18)22)17-15-23(25(32)33)30(26(28)34)20-13-11-19(27)12-14-20/h2-3,6,8,11-14,22-23H,4-5,7,9-10,15-17H2,1H3,(H2,28,34)(H,32,33)/t22?,23-/m0/s1. The van der Waals surface area contributed by atoms with E-state index in [0.29, 0.717) is 25.2 Å². The van der Waals surface area contributed by atoms with Gasteiger partial charge in [-0.3, -0.25) is 14.6 Å². The number of urea groups is 1. The number of carbonyl (C=O) groups excluding carboxylic acids is 2. The van der Waals surface area contributed by atoms with Crippen LogP contribution in [-0.2, 0) is 20.7 Å². The van der Waals surface area contributed by atoms with Crippen molar-refractivity contribution in [3.8, 4) is 0 Å².